The molecule has 0 amide bonds. The molecule has 0 fully saturated rings. The van der Waals surface area contributed by atoms with E-state index in [-0.39, 0.29) is 5.56 Å². The van der Waals surface area contributed by atoms with Gasteiger partial charge in [-0.15, -0.1) is 0 Å². The van der Waals surface area contributed by atoms with E-state index < -0.39 is 23.6 Å². The van der Waals surface area contributed by atoms with Gasteiger partial charge in [-0.2, -0.15) is 0 Å². The topological polar surface area (TPSA) is 49.3 Å². The van der Waals surface area contributed by atoms with Crippen LogP contribution in [0, 0.1) is 11.6 Å². The lowest BCUT2D eigenvalue weighted by Crippen LogP contribution is -2.21. The number of hydrogen-bond acceptors (Lipinski definition) is 2. The summed E-state index contributed by atoms with van der Waals surface area (Å²) < 4.78 is 26.8. The second-order valence-corrected chi connectivity index (χ2v) is 4.53. The van der Waals surface area contributed by atoms with E-state index in [1.54, 1.807) is 18.2 Å². The Bertz CT molecular complexity index is 649. The molecule has 2 N–H and O–H groups in total. The van der Waals surface area contributed by atoms with Gasteiger partial charge in [0.05, 0.1) is 0 Å². The van der Waals surface area contributed by atoms with Crippen LogP contribution >= 0.6 is 11.6 Å². The van der Waals surface area contributed by atoms with Crippen LogP contribution < -0.4 is 5.32 Å². The fourth-order valence-electron chi connectivity index (χ4n) is 1.75. The first-order valence-corrected chi connectivity index (χ1v) is 6.05. The zero-order valence-corrected chi connectivity index (χ0v) is 10.9. The number of halogens is 3. The SMILES string of the molecule is O=C(O)C(Nc1cccc(Cl)c1)c1cc(F)ccc1F. The van der Waals surface area contributed by atoms with Crippen LogP contribution in [0.25, 0.3) is 0 Å². The highest BCUT2D eigenvalue weighted by Crippen LogP contribution is 2.24. The average molecular weight is 298 g/mol. The van der Waals surface area contributed by atoms with Gasteiger partial charge in [0, 0.05) is 16.3 Å². The Morgan fingerprint density at radius 1 is 1.20 bits per heavy atom. The van der Waals surface area contributed by atoms with Crippen LogP contribution in [0.2, 0.25) is 5.02 Å². The van der Waals surface area contributed by atoms with Crippen LogP contribution in [0.15, 0.2) is 42.5 Å². The van der Waals surface area contributed by atoms with Crippen molar-refractivity contribution in [3.05, 3.63) is 64.7 Å². The molecule has 6 heteroatoms. The molecule has 0 aliphatic heterocycles. The van der Waals surface area contributed by atoms with E-state index in [0.29, 0.717) is 10.7 Å². The summed E-state index contributed by atoms with van der Waals surface area (Å²) in [6.07, 6.45) is 0. The normalized spacial score (nSPS) is 11.9. The Labute approximate surface area is 118 Å². The molecule has 20 heavy (non-hydrogen) atoms. The van der Waals surface area contributed by atoms with E-state index in [9.17, 15) is 18.7 Å². The molecule has 0 aliphatic carbocycles. The van der Waals surface area contributed by atoms with Gasteiger partial charge in [0.2, 0.25) is 0 Å². The number of aliphatic carboxylic acids is 1. The minimum Gasteiger partial charge on any atom is -0.479 e. The molecule has 1 atom stereocenters. The molecule has 0 radical (unpaired) electrons. The van der Waals surface area contributed by atoms with Crippen molar-refractivity contribution in [3.63, 3.8) is 0 Å². The van der Waals surface area contributed by atoms with Gasteiger partial charge in [-0.25, -0.2) is 13.6 Å². The van der Waals surface area contributed by atoms with E-state index in [4.69, 9.17) is 11.6 Å². The lowest BCUT2D eigenvalue weighted by atomic mass is 10.1. The second kappa shape index (κ2) is 5.88. The summed E-state index contributed by atoms with van der Waals surface area (Å²) in [5.74, 6) is -2.83. The van der Waals surface area contributed by atoms with Crippen molar-refractivity contribution in [1.29, 1.82) is 0 Å². The molecule has 3 nitrogen and oxygen atoms in total. The lowest BCUT2D eigenvalue weighted by Gasteiger charge is -2.17. The monoisotopic (exact) mass is 297 g/mol. The van der Waals surface area contributed by atoms with E-state index in [1.165, 1.54) is 6.07 Å². The third-order valence-corrected chi connectivity index (χ3v) is 2.89. The Morgan fingerprint density at radius 3 is 2.60 bits per heavy atom. The van der Waals surface area contributed by atoms with Gasteiger partial charge in [0.1, 0.15) is 11.6 Å². The van der Waals surface area contributed by atoms with Crippen molar-refractivity contribution in [1.82, 2.24) is 0 Å². The molecule has 0 aromatic heterocycles. The molecule has 2 aromatic carbocycles. The Balaban J connectivity index is 2.37. The molecule has 0 heterocycles. The van der Waals surface area contributed by atoms with Crippen molar-refractivity contribution in [2.24, 2.45) is 0 Å². The van der Waals surface area contributed by atoms with Gasteiger partial charge < -0.3 is 10.4 Å². The zero-order chi connectivity index (χ0) is 14.7. The molecular weight excluding hydrogens is 288 g/mol. The zero-order valence-electron chi connectivity index (χ0n) is 10.1. The molecule has 0 saturated heterocycles. The summed E-state index contributed by atoms with van der Waals surface area (Å²) in [6.45, 7) is 0. The standard InChI is InChI=1S/C14H10ClF2NO2/c15-8-2-1-3-10(6-8)18-13(14(19)20)11-7-9(16)4-5-12(11)17/h1-7,13,18H,(H,19,20). The summed E-state index contributed by atoms with van der Waals surface area (Å²) >= 11 is 5.79. The van der Waals surface area contributed by atoms with E-state index in [2.05, 4.69) is 5.32 Å². The smallest absolute Gasteiger partial charge is 0.330 e. The average Bonchev–Trinajstić information content (AvgIpc) is 2.39. The van der Waals surface area contributed by atoms with Crippen molar-refractivity contribution in [3.8, 4) is 0 Å². The first-order valence-electron chi connectivity index (χ1n) is 5.67. The fourth-order valence-corrected chi connectivity index (χ4v) is 1.94. The van der Waals surface area contributed by atoms with Crippen molar-refractivity contribution < 1.29 is 18.7 Å². The maximum absolute atomic E-state index is 13.7. The highest BCUT2D eigenvalue weighted by Gasteiger charge is 2.23. The molecule has 104 valence electrons. The van der Waals surface area contributed by atoms with Gasteiger partial charge in [0.25, 0.3) is 0 Å². The highest BCUT2D eigenvalue weighted by molar-refractivity contribution is 6.30. The summed E-state index contributed by atoms with van der Waals surface area (Å²) in [4.78, 5) is 11.3. The van der Waals surface area contributed by atoms with Crippen LogP contribution in [0.4, 0.5) is 14.5 Å². The van der Waals surface area contributed by atoms with E-state index >= 15 is 0 Å². The summed E-state index contributed by atoms with van der Waals surface area (Å²) in [7, 11) is 0. The van der Waals surface area contributed by atoms with Crippen LogP contribution in [0.3, 0.4) is 0 Å². The number of carboxylic acid groups (broad SMARTS) is 1. The number of rotatable bonds is 4. The van der Waals surface area contributed by atoms with Gasteiger partial charge >= 0.3 is 5.97 Å². The number of carboxylic acids is 1. The van der Waals surface area contributed by atoms with E-state index in [1.807, 2.05) is 0 Å². The number of anilines is 1. The van der Waals surface area contributed by atoms with Crippen LogP contribution in [-0.2, 0) is 4.79 Å². The first kappa shape index (κ1) is 14.3. The van der Waals surface area contributed by atoms with Crippen LogP contribution in [-0.4, -0.2) is 11.1 Å². The summed E-state index contributed by atoms with van der Waals surface area (Å²) in [5, 5.41) is 12.2. The highest BCUT2D eigenvalue weighted by atomic mass is 35.5. The third-order valence-electron chi connectivity index (χ3n) is 2.65. The Kier molecular flexibility index (Phi) is 4.20. The molecular formula is C14H10ClF2NO2. The maximum atomic E-state index is 13.7. The molecule has 0 spiro atoms. The Hall–Kier alpha value is -2.14. The minimum absolute atomic E-state index is 0.280. The maximum Gasteiger partial charge on any atom is 0.330 e. The quantitative estimate of drug-likeness (QED) is 0.901. The molecule has 2 aromatic rings. The van der Waals surface area contributed by atoms with Crippen LogP contribution in [0.5, 0.6) is 0 Å². The molecule has 1 unspecified atom stereocenters. The third kappa shape index (κ3) is 3.24. The minimum atomic E-state index is -1.41. The van der Waals surface area contributed by atoms with Gasteiger partial charge in [-0.05, 0) is 36.4 Å². The van der Waals surface area contributed by atoms with Crippen LogP contribution in [0.1, 0.15) is 11.6 Å². The molecule has 0 bridgehead atoms. The number of hydrogen-bond donors (Lipinski definition) is 2. The number of benzene rings is 2. The van der Waals surface area contributed by atoms with Crippen molar-refractivity contribution >= 4 is 23.3 Å². The van der Waals surface area contributed by atoms with E-state index in [0.717, 1.165) is 18.2 Å². The number of carbonyl (C=O) groups is 1. The van der Waals surface area contributed by atoms with Crippen molar-refractivity contribution in [2.45, 2.75) is 6.04 Å². The predicted molar refractivity (Wildman–Crippen MR) is 71.8 cm³/mol. The largest absolute Gasteiger partial charge is 0.479 e. The predicted octanol–water partition coefficient (Wildman–Crippen LogP) is 3.86. The second-order valence-electron chi connectivity index (χ2n) is 4.09. The van der Waals surface area contributed by atoms with Gasteiger partial charge in [-0.1, -0.05) is 17.7 Å². The molecule has 0 aliphatic rings. The Morgan fingerprint density at radius 2 is 1.95 bits per heavy atom. The van der Waals surface area contributed by atoms with Gasteiger partial charge in [-0.3, -0.25) is 0 Å². The summed E-state index contributed by atoms with van der Waals surface area (Å²) in [6, 6.07) is 7.57. The molecule has 0 saturated carbocycles. The molecule has 2 rings (SSSR count). The van der Waals surface area contributed by atoms with Crippen molar-refractivity contribution in [2.75, 3.05) is 5.32 Å². The lowest BCUT2D eigenvalue weighted by molar-refractivity contribution is -0.138. The summed E-state index contributed by atoms with van der Waals surface area (Å²) in [5.41, 5.74) is 0.117. The first-order chi connectivity index (χ1) is 9.47. The number of nitrogens with one attached hydrogen (secondary N) is 1. The fraction of sp³-hybridized carbons (Fsp3) is 0.0714. The van der Waals surface area contributed by atoms with Gasteiger partial charge in [0.15, 0.2) is 6.04 Å².